The highest BCUT2D eigenvalue weighted by atomic mass is 16.5. The molecule has 0 saturated carbocycles. The van der Waals surface area contributed by atoms with Gasteiger partial charge in [0.1, 0.15) is 0 Å². The Bertz CT molecular complexity index is 468. The summed E-state index contributed by atoms with van der Waals surface area (Å²) in [6.45, 7) is 3.68. The summed E-state index contributed by atoms with van der Waals surface area (Å²) in [6, 6.07) is 10.3. The van der Waals surface area contributed by atoms with E-state index in [1.54, 1.807) is 13.3 Å². The molecule has 0 bridgehead atoms. The van der Waals surface area contributed by atoms with Gasteiger partial charge >= 0.3 is 0 Å². The Morgan fingerprint density at radius 2 is 2.00 bits per heavy atom. The number of hydrogen-bond acceptors (Lipinski definition) is 4. The normalized spacial score (nSPS) is 10.8. The molecule has 0 radical (unpaired) electrons. The van der Waals surface area contributed by atoms with Gasteiger partial charge in [0.05, 0.1) is 25.5 Å². The zero-order valence-electron chi connectivity index (χ0n) is 11.8. The maximum absolute atomic E-state index is 5.38. The van der Waals surface area contributed by atoms with E-state index in [9.17, 15) is 0 Å². The SMILES string of the molecule is COCCOCCNCc1ccc(-n2cccn2)cc1. The average molecular weight is 275 g/mol. The van der Waals surface area contributed by atoms with Crippen LogP contribution in [0.1, 0.15) is 5.56 Å². The largest absolute Gasteiger partial charge is 0.382 e. The fourth-order valence-corrected chi connectivity index (χ4v) is 1.81. The lowest BCUT2D eigenvalue weighted by Crippen LogP contribution is -2.20. The van der Waals surface area contributed by atoms with E-state index in [1.807, 2.05) is 16.9 Å². The van der Waals surface area contributed by atoms with Crippen LogP contribution in [0.15, 0.2) is 42.7 Å². The first-order valence-electron chi connectivity index (χ1n) is 6.76. The Balaban J connectivity index is 1.67. The van der Waals surface area contributed by atoms with Gasteiger partial charge in [0.2, 0.25) is 0 Å². The molecular formula is C15H21N3O2. The van der Waals surface area contributed by atoms with Crippen molar-refractivity contribution in [1.82, 2.24) is 15.1 Å². The fraction of sp³-hybridized carbons (Fsp3) is 0.400. The molecule has 0 atom stereocenters. The second-order valence-corrected chi connectivity index (χ2v) is 4.40. The van der Waals surface area contributed by atoms with Crippen molar-refractivity contribution in [1.29, 1.82) is 0 Å². The third kappa shape index (κ3) is 4.77. The minimum absolute atomic E-state index is 0.648. The van der Waals surface area contributed by atoms with Gasteiger partial charge in [-0.2, -0.15) is 5.10 Å². The first-order chi connectivity index (χ1) is 9.90. The number of benzene rings is 1. The van der Waals surface area contributed by atoms with Crippen LogP contribution in [0.25, 0.3) is 5.69 Å². The predicted octanol–water partition coefficient (Wildman–Crippen LogP) is 1.62. The van der Waals surface area contributed by atoms with E-state index in [0.717, 1.165) is 18.8 Å². The van der Waals surface area contributed by atoms with Crippen molar-refractivity contribution >= 4 is 0 Å². The van der Waals surface area contributed by atoms with Crippen molar-refractivity contribution < 1.29 is 9.47 Å². The minimum atomic E-state index is 0.648. The van der Waals surface area contributed by atoms with Gasteiger partial charge in [0, 0.05) is 32.6 Å². The molecule has 0 spiro atoms. The summed E-state index contributed by atoms with van der Waals surface area (Å²) < 4.78 is 12.1. The lowest BCUT2D eigenvalue weighted by atomic mass is 10.2. The summed E-state index contributed by atoms with van der Waals surface area (Å²) in [7, 11) is 1.68. The molecule has 108 valence electrons. The zero-order chi connectivity index (χ0) is 14.0. The summed E-state index contributed by atoms with van der Waals surface area (Å²) in [5.41, 5.74) is 2.32. The lowest BCUT2D eigenvalue weighted by molar-refractivity contribution is 0.0719. The van der Waals surface area contributed by atoms with Crippen LogP contribution in [-0.2, 0) is 16.0 Å². The van der Waals surface area contributed by atoms with Gasteiger partial charge in [0.15, 0.2) is 0 Å². The van der Waals surface area contributed by atoms with Crippen LogP contribution in [-0.4, -0.2) is 43.3 Å². The van der Waals surface area contributed by atoms with Gasteiger partial charge < -0.3 is 14.8 Å². The van der Waals surface area contributed by atoms with Crippen LogP contribution < -0.4 is 5.32 Å². The molecule has 1 heterocycles. The van der Waals surface area contributed by atoms with Crippen LogP contribution in [0, 0.1) is 0 Å². The summed E-state index contributed by atoms with van der Waals surface area (Å²) in [4.78, 5) is 0. The monoisotopic (exact) mass is 275 g/mol. The Morgan fingerprint density at radius 3 is 2.70 bits per heavy atom. The van der Waals surface area contributed by atoms with Crippen molar-refractivity contribution in [3.8, 4) is 5.69 Å². The lowest BCUT2D eigenvalue weighted by Gasteiger charge is -2.07. The Kier molecular flexibility index (Phi) is 6.23. The maximum atomic E-state index is 5.38. The fourth-order valence-electron chi connectivity index (χ4n) is 1.81. The second kappa shape index (κ2) is 8.47. The van der Waals surface area contributed by atoms with Crippen LogP contribution >= 0.6 is 0 Å². The first kappa shape index (κ1) is 14.7. The highest BCUT2D eigenvalue weighted by Crippen LogP contribution is 2.08. The van der Waals surface area contributed by atoms with E-state index in [2.05, 4.69) is 34.7 Å². The van der Waals surface area contributed by atoms with E-state index in [-0.39, 0.29) is 0 Å². The summed E-state index contributed by atoms with van der Waals surface area (Å²) in [6.07, 6.45) is 3.71. The number of nitrogens with one attached hydrogen (secondary N) is 1. The molecule has 5 nitrogen and oxygen atoms in total. The number of aromatic nitrogens is 2. The van der Waals surface area contributed by atoms with E-state index < -0.39 is 0 Å². The molecule has 0 aliphatic heterocycles. The maximum Gasteiger partial charge on any atom is 0.0700 e. The van der Waals surface area contributed by atoms with Gasteiger partial charge in [-0.15, -0.1) is 0 Å². The Hall–Kier alpha value is -1.69. The van der Waals surface area contributed by atoms with Crippen LogP contribution in [0.5, 0.6) is 0 Å². The number of hydrogen-bond donors (Lipinski definition) is 1. The molecule has 0 fully saturated rings. The van der Waals surface area contributed by atoms with E-state index in [0.29, 0.717) is 19.8 Å². The van der Waals surface area contributed by atoms with E-state index in [4.69, 9.17) is 9.47 Å². The van der Waals surface area contributed by atoms with Gasteiger partial charge in [0.25, 0.3) is 0 Å². The number of nitrogens with zero attached hydrogens (tertiary/aromatic N) is 2. The van der Waals surface area contributed by atoms with E-state index in [1.165, 1.54) is 5.56 Å². The standard InChI is InChI=1S/C15H21N3O2/c1-19-11-12-20-10-8-16-13-14-3-5-15(6-4-14)18-9-2-7-17-18/h2-7,9,16H,8,10-13H2,1H3. The number of rotatable bonds is 9. The molecule has 5 heteroatoms. The topological polar surface area (TPSA) is 48.3 Å². The first-order valence-corrected chi connectivity index (χ1v) is 6.76. The highest BCUT2D eigenvalue weighted by Gasteiger charge is 1.97. The average Bonchev–Trinajstić information content (AvgIpc) is 3.01. The number of ether oxygens (including phenoxy) is 2. The molecular weight excluding hydrogens is 254 g/mol. The second-order valence-electron chi connectivity index (χ2n) is 4.40. The van der Waals surface area contributed by atoms with Gasteiger partial charge in [-0.05, 0) is 23.8 Å². The molecule has 1 aromatic heterocycles. The zero-order valence-corrected chi connectivity index (χ0v) is 11.8. The highest BCUT2D eigenvalue weighted by molar-refractivity contribution is 5.33. The van der Waals surface area contributed by atoms with Crippen LogP contribution in [0.2, 0.25) is 0 Å². The molecule has 1 N–H and O–H groups in total. The molecule has 0 aliphatic rings. The Labute approximate surface area is 119 Å². The molecule has 0 unspecified atom stereocenters. The third-order valence-corrected chi connectivity index (χ3v) is 2.89. The van der Waals surface area contributed by atoms with Crippen molar-refractivity contribution in [2.24, 2.45) is 0 Å². The van der Waals surface area contributed by atoms with Crippen LogP contribution in [0.3, 0.4) is 0 Å². The molecule has 2 aromatic rings. The summed E-state index contributed by atoms with van der Waals surface area (Å²) in [5.74, 6) is 0. The molecule has 0 amide bonds. The predicted molar refractivity (Wildman–Crippen MR) is 78.0 cm³/mol. The summed E-state index contributed by atoms with van der Waals surface area (Å²) in [5, 5.41) is 7.55. The summed E-state index contributed by atoms with van der Waals surface area (Å²) >= 11 is 0. The molecule has 1 aromatic carbocycles. The molecule has 0 aliphatic carbocycles. The number of methoxy groups -OCH3 is 1. The van der Waals surface area contributed by atoms with Gasteiger partial charge in [-0.3, -0.25) is 0 Å². The molecule has 20 heavy (non-hydrogen) atoms. The third-order valence-electron chi connectivity index (χ3n) is 2.89. The van der Waals surface area contributed by atoms with Crippen molar-refractivity contribution in [2.75, 3.05) is 33.5 Å². The quantitative estimate of drug-likeness (QED) is 0.707. The van der Waals surface area contributed by atoms with E-state index >= 15 is 0 Å². The van der Waals surface area contributed by atoms with Gasteiger partial charge in [-0.25, -0.2) is 4.68 Å². The minimum Gasteiger partial charge on any atom is -0.382 e. The van der Waals surface area contributed by atoms with Gasteiger partial charge in [-0.1, -0.05) is 12.1 Å². The van der Waals surface area contributed by atoms with Crippen molar-refractivity contribution in [3.05, 3.63) is 48.3 Å². The van der Waals surface area contributed by atoms with Crippen molar-refractivity contribution in [2.45, 2.75) is 6.54 Å². The Morgan fingerprint density at radius 1 is 1.15 bits per heavy atom. The molecule has 0 saturated heterocycles. The molecule has 2 rings (SSSR count). The smallest absolute Gasteiger partial charge is 0.0700 e. The van der Waals surface area contributed by atoms with Crippen molar-refractivity contribution in [3.63, 3.8) is 0 Å². The van der Waals surface area contributed by atoms with Crippen LogP contribution in [0.4, 0.5) is 0 Å².